The predicted molar refractivity (Wildman–Crippen MR) is 46.3 cm³/mol. The summed E-state index contributed by atoms with van der Waals surface area (Å²) < 4.78 is 32.5. The van der Waals surface area contributed by atoms with Gasteiger partial charge in [-0.05, 0) is 6.07 Å². The van der Waals surface area contributed by atoms with E-state index in [4.69, 9.17) is 4.74 Å². The van der Waals surface area contributed by atoms with Crippen LogP contribution in [0.25, 0.3) is 0 Å². The summed E-state index contributed by atoms with van der Waals surface area (Å²) in [4.78, 5) is 9.63. The monoisotopic (exact) mass is 219 g/mol. The van der Waals surface area contributed by atoms with Crippen LogP contribution in [0.3, 0.4) is 0 Å². The predicted octanol–water partition coefficient (Wildman–Crippen LogP) is 2.20. The molecule has 0 fully saturated rings. The molecule has 0 saturated carbocycles. The second-order valence-corrected chi connectivity index (χ2v) is 2.47. The summed E-state index contributed by atoms with van der Waals surface area (Å²) in [7, 11) is 1.31. The molecule has 0 aliphatic heterocycles. The van der Waals surface area contributed by atoms with Crippen LogP contribution < -0.4 is 9.47 Å². The molecule has 0 aliphatic rings. The smallest absolute Gasteiger partial charge is 0.387 e. The molecule has 0 unspecified atom stereocenters. The average molecular weight is 219 g/mol. The highest BCUT2D eigenvalue weighted by atomic mass is 19.3. The van der Waals surface area contributed by atoms with E-state index in [1.165, 1.54) is 13.2 Å². The van der Waals surface area contributed by atoms with Crippen LogP contribution in [-0.4, -0.2) is 18.6 Å². The third-order valence-corrected chi connectivity index (χ3v) is 1.58. The van der Waals surface area contributed by atoms with Crippen LogP contribution in [0.2, 0.25) is 0 Å². The van der Waals surface area contributed by atoms with Crippen molar-refractivity contribution in [2.24, 2.45) is 0 Å². The number of nitrogens with zero attached hydrogens (tertiary/aromatic N) is 1. The van der Waals surface area contributed by atoms with E-state index in [1.54, 1.807) is 0 Å². The van der Waals surface area contributed by atoms with Crippen molar-refractivity contribution in [1.82, 2.24) is 0 Å². The maximum Gasteiger partial charge on any atom is 0.387 e. The van der Waals surface area contributed by atoms with Crippen LogP contribution in [0.15, 0.2) is 18.2 Å². The molecule has 5 nitrogen and oxygen atoms in total. The molecule has 0 saturated heterocycles. The molecule has 0 aromatic heterocycles. The average Bonchev–Trinajstić information content (AvgIpc) is 2.16. The summed E-state index contributed by atoms with van der Waals surface area (Å²) in [6.45, 7) is -3.11. The first-order chi connectivity index (χ1) is 7.04. The largest absolute Gasteiger partial charge is 0.497 e. The third kappa shape index (κ3) is 2.76. The number of methoxy groups -OCH3 is 1. The summed E-state index contributed by atoms with van der Waals surface area (Å²) in [6, 6.07) is 3.36. The van der Waals surface area contributed by atoms with E-state index in [1.807, 2.05) is 0 Å². The summed E-state index contributed by atoms with van der Waals surface area (Å²) in [5, 5.41) is 10.4. The fourth-order valence-corrected chi connectivity index (χ4v) is 0.963. The fraction of sp³-hybridized carbons (Fsp3) is 0.250. The molecule has 1 aromatic carbocycles. The van der Waals surface area contributed by atoms with E-state index in [0.717, 1.165) is 12.1 Å². The van der Waals surface area contributed by atoms with Crippen molar-refractivity contribution >= 4 is 5.69 Å². The van der Waals surface area contributed by atoms with Crippen molar-refractivity contribution in [1.29, 1.82) is 0 Å². The van der Waals surface area contributed by atoms with Crippen molar-refractivity contribution < 1.29 is 23.2 Å². The van der Waals surface area contributed by atoms with E-state index >= 15 is 0 Å². The number of hydrogen-bond acceptors (Lipinski definition) is 4. The lowest BCUT2D eigenvalue weighted by Crippen LogP contribution is -2.04. The number of halogens is 2. The van der Waals surface area contributed by atoms with Crippen LogP contribution in [0.5, 0.6) is 11.5 Å². The van der Waals surface area contributed by atoms with Crippen LogP contribution in [0, 0.1) is 10.1 Å². The van der Waals surface area contributed by atoms with Crippen LogP contribution in [-0.2, 0) is 0 Å². The topological polar surface area (TPSA) is 61.6 Å². The van der Waals surface area contributed by atoms with Crippen molar-refractivity contribution in [3.63, 3.8) is 0 Å². The molecule has 0 bridgehead atoms. The summed E-state index contributed by atoms with van der Waals surface area (Å²) in [6.07, 6.45) is 0. The third-order valence-electron chi connectivity index (χ3n) is 1.58. The van der Waals surface area contributed by atoms with Gasteiger partial charge in [-0.25, -0.2) is 0 Å². The first kappa shape index (κ1) is 11.2. The molecule has 0 amide bonds. The number of alkyl halides is 2. The molecule has 0 heterocycles. The zero-order valence-corrected chi connectivity index (χ0v) is 7.65. The SMILES string of the molecule is COc1ccc([N+](=O)[O-])c(OC(F)F)c1. The maximum absolute atomic E-state index is 11.9. The molecule has 15 heavy (non-hydrogen) atoms. The van der Waals surface area contributed by atoms with Crippen LogP contribution in [0.1, 0.15) is 0 Å². The minimum absolute atomic E-state index is 0.205. The summed E-state index contributed by atoms with van der Waals surface area (Å²) >= 11 is 0. The van der Waals surface area contributed by atoms with Gasteiger partial charge in [-0.15, -0.1) is 0 Å². The van der Waals surface area contributed by atoms with Crippen LogP contribution >= 0.6 is 0 Å². The van der Waals surface area contributed by atoms with Crippen molar-refractivity contribution in [2.45, 2.75) is 6.61 Å². The van der Waals surface area contributed by atoms with Gasteiger partial charge in [0.25, 0.3) is 0 Å². The zero-order valence-electron chi connectivity index (χ0n) is 7.65. The Kier molecular flexibility index (Phi) is 3.37. The minimum atomic E-state index is -3.11. The van der Waals surface area contributed by atoms with Gasteiger partial charge in [0, 0.05) is 12.1 Å². The van der Waals surface area contributed by atoms with Crippen molar-refractivity contribution in [3.8, 4) is 11.5 Å². The second-order valence-electron chi connectivity index (χ2n) is 2.47. The van der Waals surface area contributed by atoms with E-state index in [0.29, 0.717) is 0 Å². The lowest BCUT2D eigenvalue weighted by molar-refractivity contribution is -0.386. The van der Waals surface area contributed by atoms with Gasteiger partial charge in [0.1, 0.15) is 5.75 Å². The minimum Gasteiger partial charge on any atom is -0.497 e. The molecular formula is C8H7F2NO4. The highest BCUT2D eigenvalue weighted by Gasteiger charge is 2.19. The van der Waals surface area contributed by atoms with Gasteiger partial charge < -0.3 is 9.47 Å². The van der Waals surface area contributed by atoms with Crippen molar-refractivity contribution in [2.75, 3.05) is 7.11 Å². The van der Waals surface area contributed by atoms with Crippen LogP contribution in [0.4, 0.5) is 14.5 Å². The van der Waals surface area contributed by atoms with E-state index in [-0.39, 0.29) is 5.75 Å². The zero-order chi connectivity index (χ0) is 11.4. The first-order valence-electron chi connectivity index (χ1n) is 3.82. The Bertz CT molecular complexity index is 370. The highest BCUT2D eigenvalue weighted by molar-refractivity contribution is 5.50. The lowest BCUT2D eigenvalue weighted by atomic mass is 10.3. The quantitative estimate of drug-likeness (QED) is 0.575. The molecule has 0 aliphatic carbocycles. The number of benzene rings is 1. The molecule has 0 atom stereocenters. The Morgan fingerprint density at radius 3 is 2.60 bits per heavy atom. The Hall–Kier alpha value is -1.92. The highest BCUT2D eigenvalue weighted by Crippen LogP contribution is 2.31. The molecule has 1 rings (SSSR count). The normalized spacial score (nSPS) is 10.1. The van der Waals surface area contributed by atoms with Gasteiger partial charge in [0.2, 0.25) is 5.75 Å². The van der Waals surface area contributed by atoms with Gasteiger partial charge in [-0.2, -0.15) is 8.78 Å². The fourth-order valence-electron chi connectivity index (χ4n) is 0.963. The number of nitro groups is 1. The number of hydrogen-bond donors (Lipinski definition) is 0. The molecule has 0 spiro atoms. The van der Waals surface area contributed by atoms with Crippen molar-refractivity contribution in [3.05, 3.63) is 28.3 Å². The van der Waals surface area contributed by atoms with E-state index < -0.39 is 23.0 Å². The molecule has 0 N–H and O–H groups in total. The maximum atomic E-state index is 11.9. The molecule has 1 aromatic rings. The summed E-state index contributed by atoms with van der Waals surface area (Å²) in [5.41, 5.74) is -0.531. The first-order valence-corrected chi connectivity index (χ1v) is 3.82. The van der Waals surface area contributed by atoms with Gasteiger partial charge in [-0.3, -0.25) is 10.1 Å². The summed E-state index contributed by atoms with van der Waals surface area (Å²) in [5.74, 6) is -0.314. The molecule has 7 heteroatoms. The van der Waals surface area contributed by atoms with Gasteiger partial charge in [-0.1, -0.05) is 0 Å². The standard InChI is InChI=1S/C8H7F2NO4/c1-14-5-2-3-6(11(12)13)7(4-5)15-8(9)10/h2-4,8H,1H3. The van der Waals surface area contributed by atoms with E-state index in [9.17, 15) is 18.9 Å². The molecule has 82 valence electrons. The second kappa shape index (κ2) is 4.54. The number of rotatable bonds is 4. The van der Waals surface area contributed by atoms with Gasteiger partial charge in [0.15, 0.2) is 0 Å². The molecular weight excluding hydrogens is 212 g/mol. The molecule has 0 radical (unpaired) electrons. The Labute approximate surface area is 83.4 Å². The van der Waals surface area contributed by atoms with E-state index in [2.05, 4.69) is 4.74 Å². The number of nitro benzene ring substituents is 1. The Morgan fingerprint density at radius 2 is 2.13 bits per heavy atom. The van der Waals surface area contributed by atoms with Gasteiger partial charge in [0.05, 0.1) is 12.0 Å². The Balaban J connectivity index is 3.10. The lowest BCUT2D eigenvalue weighted by Gasteiger charge is -2.06. The van der Waals surface area contributed by atoms with Gasteiger partial charge >= 0.3 is 12.3 Å². The number of ether oxygens (including phenoxy) is 2. The Morgan fingerprint density at radius 1 is 1.47 bits per heavy atom.